The summed E-state index contributed by atoms with van der Waals surface area (Å²) in [6.07, 6.45) is 4.90. The van der Waals surface area contributed by atoms with Gasteiger partial charge in [-0.3, -0.25) is 4.98 Å². The first-order chi connectivity index (χ1) is 5.25. The minimum absolute atomic E-state index is 0.933. The van der Waals surface area contributed by atoms with Crippen LogP contribution in [-0.4, -0.2) is 16.4 Å². The van der Waals surface area contributed by atoms with Gasteiger partial charge in [0.1, 0.15) is 0 Å². The molecule has 11 heavy (non-hydrogen) atoms. The molecule has 1 aromatic heterocycles. The lowest BCUT2D eigenvalue weighted by molar-refractivity contribution is 0.322. The van der Waals surface area contributed by atoms with E-state index < -0.39 is 0 Å². The van der Waals surface area contributed by atoms with Gasteiger partial charge >= 0.3 is 0 Å². The first kappa shape index (κ1) is 7.72. The summed E-state index contributed by atoms with van der Waals surface area (Å²) >= 11 is 0. The van der Waals surface area contributed by atoms with Crippen LogP contribution in [-0.2, 0) is 0 Å². The van der Waals surface area contributed by atoms with Crippen LogP contribution in [0.25, 0.3) is 0 Å². The molecule has 0 radical (unpaired) electrons. The molecule has 3 nitrogen and oxygen atoms in total. The van der Waals surface area contributed by atoms with Gasteiger partial charge in [-0.15, -0.1) is 0 Å². The average Bonchev–Trinajstić information content (AvgIpc) is 1.97. The van der Waals surface area contributed by atoms with Crippen LogP contribution < -0.4 is 0 Å². The average molecular weight is 150 g/mol. The summed E-state index contributed by atoms with van der Waals surface area (Å²) in [5, 5.41) is 11.3. The van der Waals surface area contributed by atoms with E-state index in [4.69, 9.17) is 5.21 Å². The monoisotopic (exact) mass is 150 g/mol. The number of rotatable bonds is 1. The number of oxime groups is 1. The van der Waals surface area contributed by atoms with Crippen molar-refractivity contribution in [2.24, 2.45) is 5.16 Å². The zero-order valence-corrected chi connectivity index (χ0v) is 6.57. The maximum Gasteiger partial charge on any atom is 0.0740 e. The van der Waals surface area contributed by atoms with Crippen molar-refractivity contribution in [2.75, 3.05) is 0 Å². The van der Waals surface area contributed by atoms with E-state index in [0.29, 0.717) is 0 Å². The van der Waals surface area contributed by atoms with Gasteiger partial charge < -0.3 is 5.21 Å². The fraction of sp³-hybridized carbons (Fsp3) is 0.250. The molecule has 0 aliphatic carbocycles. The summed E-state index contributed by atoms with van der Waals surface area (Å²) in [7, 11) is 0. The number of nitrogens with zero attached hydrogens (tertiary/aromatic N) is 2. The van der Waals surface area contributed by atoms with E-state index in [1.165, 1.54) is 6.21 Å². The Hall–Kier alpha value is -1.38. The van der Waals surface area contributed by atoms with Gasteiger partial charge in [-0.05, 0) is 25.0 Å². The van der Waals surface area contributed by atoms with E-state index in [2.05, 4.69) is 10.1 Å². The molecule has 0 fully saturated rings. The zero-order chi connectivity index (χ0) is 8.27. The van der Waals surface area contributed by atoms with Crippen LogP contribution in [0.2, 0.25) is 0 Å². The Kier molecular flexibility index (Phi) is 2.21. The summed E-state index contributed by atoms with van der Waals surface area (Å²) < 4.78 is 0. The molecule has 0 saturated carbocycles. The molecule has 0 saturated heterocycles. The van der Waals surface area contributed by atoms with E-state index in [1.54, 1.807) is 12.4 Å². The van der Waals surface area contributed by atoms with Crippen LogP contribution in [0.3, 0.4) is 0 Å². The van der Waals surface area contributed by atoms with Crippen LogP contribution in [0.5, 0.6) is 0 Å². The van der Waals surface area contributed by atoms with Crippen molar-refractivity contribution in [3.63, 3.8) is 0 Å². The van der Waals surface area contributed by atoms with Gasteiger partial charge in [0.25, 0.3) is 0 Å². The van der Waals surface area contributed by atoms with Gasteiger partial charge in [-0.2, -0.15) is 0 Å². The van der Waals surface area contributed by atoms with Crippen molar-refractivity contribution >= 4 is 6.21 Å². The molecular weight excluding hydrogens is 140 g/mol. The van der Waals surface area contributed by atoms with Crippen LogP contribution in [0.4, 0.5) is 0 Å². The van der Waals surface area contributed by atoms with E-state index in [9.17, 15) is 0 Å². The highest BCUT2D eigenvalue weighted by Gasteiger charge is 1.98. The topological polar surface area (TPSA) is 45.5 Å². The van der Waals surface area contributed by atoms with Crippen molar-refractivity contribution in [1.82, 2.24) is 4.98 Å². The fourth-order valence-corrected chi connectivity index (χ4v) is 0.972. The Morgan fingerprint density at radius 1 is 1.36 bits per heavy atom. The summed E-state index contributed by atoms with van der Waals surface area (Å²) in [6, 6.07) is 0. The van der Waals surface area contributed by atoms with Crippen LogP contribution in [0.15, 0.2) is 17.5 Å². The van der Waals surface area contributed by atoms with E-state index in [1.807, 2.05) is 13.8 Å². The molecule has 0 spiro atoms. The molecule has 0 aliphatic heterocycles. The second-order valence-electron chi connectivity index (χ2n) is 2.43. The van der Waals surface area contributed by atoms with E-state index in [0.717, 1.165) is 16.7 Å². The maximum atomic E-state index is 8.32. The lowest BCUT2D eigenvalue weighted by Gasteiger charge is -2.00. The summed E-state index contributed by atoms with van der Waals surface area (Å²) in [5.74, 6) is 0. The predicted octanol–water partition coefficient (Wildman–Crippen LogP) is 1.51. The van der Waals surface area contributed by atoms with Gasteiger partial charge in [0.2, 0.25) is 0 Å². The highest BCUT2D eigenvalue weighted by atomic mass is 16.4. The number of aromatic nitrogens is 1. The highest BCUT2D eigenvalue weighted by molar-refractivity contribution is 5.82. The van der Waals surface area contributed by atoms with Crippen molar-refractivity contribution in [1.29, 1.82) is 0 Å². The van der Waals surface area contributed by atoms with Gasteiger partial charge in [0.05, 0.1) is 6.21 Å². The smallest absolute Gasteiger partial charge is 0.0740 e. The first-order valence-electron chi connectivity index (χ1n) is 3.34. The Morgan fingerprint density at radius 3 is 2.36 bits per heavy atom. The SMILES string of the molecule is Cc1cncc(C)c1/C=N/O. The van der Waals surface area contributed by atoms with Gasteiger partial charge in [0, 0.05) is 18.0 Å². The number of pyridine rings is 1. The second kappa shape index (κ2) is 3.14. The molecule has 1 N–H and O–H groups in total. The zero-order valence-electron chi connectivity index (χ0n) is 6.57. The molecule has 3 heteroatoms. The Bertz CT molecular complexity index is 261. The predicted molar refractivity (Wildman–Crippen MR) is 43.1 cm³/mol. The van der Waals surface area contributed by atoms with Crippen molar-refractivity contribution in [3.05, 3.63) is 29.1 Å². The van der Waals surface area contributed by atoms with E-state index >= 15 is 0 Å². The van der Waals surface area contributed by atoms with Gasteiger partial charge in [-0.25, -0.2) is 0 Å². The summed E-state index contributed by atoms with van der Waals surface area (Å²) in [6.45, 7) is 3.86. The summed E-state index contributed by atoms with van der Waals surface area (Å²) in [4.78, 5) is 3.98. The first-order valence-corrected chi connectivity index (χ1v) is 3.34. The number of hydrogen-bond donors (Lipinski definition) is 1. The van der Waals surface area contributed by atoms with Crippen molar-refractivity contribution < 1.29 is 5.21 Å². The number of hydrogen-bond acceptors (Lipinski definition) is 3. The largest absolute Gasteiger partial charge is 0.411 e. The fourth-order valence-electron chi connectivity index (χ4n) is 0.972. The summed E-state index contributed by atoms with van der Waals surface area (Å²) in [5.41, 5.74) is 2.97. The third kappa shape index (κ3) is 1.55. The molecule has 0 atom stereocenters. The molecule has 0 amide bonds. The lowest BCUT2D eigenvalue weighted by atomic mass is 10.1. The maximum absolute atomic E-state index is 8.32. The third-order valence-electron chi connectivity index (χ3n) is 1.57. The molecule has 0 unspecified atom stereocenters. The van der Waals surface area contributed by atoms with Crippen LogP contribution >= 0.6 is 0 Å². The van der Waals surface area contributed by atoms with Gasteiger partial charge in [0.15, 0.2) is 0 Å². The third-order valence-corrected chi connectivity index (χ3v) is 1.57. The molecule has 0 aromatic carbocycles. The molecule has 1 heterocycles. The molecule has 0 aliphatic rings. The standard InChI is InChI=1S/C8H10N2O/c1-6-3-9-4-7(2)8(6)5-10-11/h3-5,11H,1-2H3/b10-5+. The van der Waals surface area contributed by atoms with E-state index in [-0.39, 0.29) is 0 Å². The van der Waals surface area contributed by atoms with Gasteiger partial charge in [-0.1, -0.05) is 5.16 Å². The Morgan fingerprint density at radius 2 is 1.91 bits per heavy atom. The van der Waals surface area contributed by atoms with Crippen molar-refractivity contribution in [2.45, 2.75) is 13.8 Å². The van der Waals surface area contributed by atoms with Crippen LogP contribution in [0.1, 0.15) is 16.7 Å². The quantitative estimate of drug-likeness (QED) is 0.374. The minimum atomic E-state index is 0.933. The molecule has 0 bridgehead atoms. The molecule has 1 rings (SSSR count). The minimum Gasteiger partial charge on any atom is -0.411 e. The second-order valence-corrected chi connectivity index (χ2v) is 2.43. The molecule has 58 valence electrons. The molecular formula is C8H10N2O. The normalized spacial score (nSPS) is 10.7. The highest BCUT2D eigenvalue weighted by Crippen LogP contribution is 2.07. The van der Waals surface area contributed by atoms with Crippen LogP contribution in [0, 0.1) is 13.8 Å². The Balaban J connectivity index is 3.20. The molecule has 1 aromatic rings. The van der Waals surface area contributed by atoms with Crippen molar-refractivity contribution in [3.8, 4) is 0 Å². The number of aryl methyl sites for hydroxylation is 2. The lowest BCUT2D eigenvalue weighted by Crippen LogP contribution is -1.92. The Labute approximate surface area is 65.4 Å².